The van der Waals surface area contributed by atoms with Gasteiger partial charge in [0.2, 0.25) is 0 Å². The lowest BCUT2D eigenvalue weighted by Crippen LogP contribution is -2.06. The van der Waals surface area contributed by atoms with Crippen LogP contribution in [0.15, 0.2) is 43.5 Å². The van der Waals surface area contributed by atoms with Gasteiger partial charge in [-0.05, 0) is 18.1 Å². The zero-order chi connectivity index (χ0) is 12.0. The van der Waals surface area contributed by atoms with Gasteiger partial charge in [-0.15, -0.1) is 13.2 Å². The largest absolute Gasteiger partial charge is 0.507 e. The number of phenolic OH excluding ortho intramolecular Hbond substituents is 1. The van der Waals surface area contributed by atoms with Crippen LogP contribution in [0, 0.1) is 0 Å². The zero-order valence-corrected chi connectivity index (χ0v) is 9.10. The van der Waals surface area contributed by atoms with E-state index in [1.54, 1.807) is 12.1 Å². The molecule has 1 rings (SSSR count). The molecule has 0 spiro atoms. The number of aliphatic hydroxyl groups excluding tert-OH is 1. The monoisotopic (exact) mass is 220 g/mol. The minimum absolute atomic E-state index is 0.0240. The van der Waals surface area contributed by atoms with Crippen LogP contribution in [0.1, 0.15) is 17.4 Å². The molecule has 1 aromatic carbocycles. The molecule has 0 radical (unpaired) electrons. The summed E-state index contributed by atoms with van der Waals surface area (Å²) in [6, 6.07) is 5.05. The van der Waals surface area contributed by atoms with Crippen molar-refractivity contribution in [1.29, 1.82) is 0 Å². The molecule has 0 bridgehead atoms. The summed E-state index contributed by atoms with van der Waals surface area (Å²) in [5.74, 6) is 0.0240. The van der Waals surface area contributed by atoms with E-state index in [1.165, 1.54) is 12.1 Å². The summed E-state index contributed by atoms with van der Waals surface area (Å²) in [5.41, 5.74) is 1.19. The number of hydrogen-bond acceptors (Lipinski definition) is 3. The lowest BCUT2D eigenvalue weighted by molar-refractivity contribution is -0.0935. The molecule has 16 heavy (non-hydrogen) atoms. The lowest BCUT2D eigenvalue weighted by atomic mass is 10.0. The second kappa shape index (κ2) is 6.10. The van der Waals surface area contributed by atoms with Gasteiger partial charge >= 0.3 is 0 Å². The Morgan fingerprint density at radius 2 is 2.06 bits per heavy atom. The maximum absolute atomic E-state index is 9.78. The Bertz CT molecular complexity index is 371. The Labute approximate surface area is 95.3 Å². The second-order valence-electron chi connectivity index (χ2n) is 3.32. The van der Waals surface area contributed by atoms with Crippen LogP contribution in [0.5, 0.6) is 5.75 Å². The number of ether oxygens (including phenoxy) is 1. The van der Waals surface area contributed by atoms with Crippen molar-refractivity contribution in [1.82, 2.24) is 0 Å². The summed E-state index contributed by atoms with van der Waals surface area (Å²) in [6.07, 6.45) is 2.67. The van der Waals surface area contributed by atoms with Gasteiger partial charge in [0.25, 0.3) is 0 Å². The molecular weight excluding hydrogens is 204 g/mol. The molecule has 0 saturated carbocycles. The Hall–Kier alpha value is -1.58. The quantitative estimate of drug-likeness (QED) is 0.571. The molecule has 0 aliphatic heterocycles. The van der Waals surface area contributed by atoms with Crippen molar-refractivity contribution < 1.29 is 14.9 Å². The molecule has 1 atom stereocenters. The van der Waals surface area contributed by atoms with Crippen LogP contribution in [0.25, 0.3) is 0 Å². The third kappa shape index (κ3) is 2.95. The fourth-order valence-electron chi connectivity index (χ4n) is 1.46. The molecule has 0 fully saturated rings. The van der Waals surface area contributed by atoms with E-state index in [0.29, 0.717) is 12.0 Å². The Morgan fingerprint density at radius 3 is 2.69 bits per heavy atom. The average Bonchev–Trinajstić information content (AvgIpc) is 2.26. The highest BCUT2D eigenvalue weighted by Crippen LogP contribution is 2.29. The highest BCUT2D eigenvalue weighted by molar-refractivity contribution is 5.41. The van der Waals surface area contributed by atoms with Crippen molar-refractivity contribution in [3.63, 3.8) is 0 Å². The molecule has 0 aliphatic rings. The first-order chi connectivity index (χ1) is 7.70. The van der Waals surface area contributed by atoms with Gasteiger partial charge in [-0.2, -0.15) is 0 Å². The van der Waals surface area contributed by atoms with Crippen molar-refractivity contribution in [3.8, 4) is 5.75 Å². The molecule has 3 heteroatoms. The molecule has 0 aliphatic carbocycles. The minimum atomic E-state index is -1.14. The number of hydrogen-bond donors (Lipinski definition) is 2. The molecule has 86 valence electrons. The van der Waals surface area contributed by atoms with Crippen LogP contribution in [-0.4, -0.2) is 16.8 Å². The van der Waals surface area contributed by atoms with Gasteiger partial charge in [0, 0.05) is 0 Å². The van der Waals surface area contributed by atoms with Gasteiger partial charge in [-0.1, -0.05) is 24.3 Å². The topological polar surface area (TPSA) is 49.7 Å². The van der Waals surface area contributed by atoms with Crippen LogP contribution in [0.4, 0.5) is 0 Å². The fourth-order valence-corrected chi connectivity index (χ4v) is 1.46. The summed E-state index contributed by atoms with van der Waals surface area (Å²) in [4.78, 5) is 0. The van der Waals surface area contributed by atoms with E-state index in [1.807, 2.05) is 6.07 Å². The number of rotatable bonds is 6. The van der Waals surface area contributed by atoms with Crippen LogP contribution < -0.4 is 0 Å². The smallest absolute Gasteiger partial charge is 0.185 e. The summed E-state index contributed by atoms with van der Waals surface area (Å²) >= 11 is 0. The van der Waals surface area contributed by atoms with Gasteiger partial charge in [-0.25, -0.2) is 0 Å². The predicted molar refractivity (Wildman–Crippen MR) is 63.1 cm³/mol. The average molecular weight is 220 g/mol. The molecule has 3 nitrogen and oxygen atoms in total. The van der Waals surface area contributed by atoms with Gasteiger partial charge in [0.05, 0.1) is 12.2 Å². The van der Waals surface area contributed by atoms with Crippen LogP contribution >= 0.6 is 0 Å². The molecule has 0 amide bonds. The highest BCUT2D eigenvalue weighted by Gasteiger charge is 2.16. The van der Waals surface area contributed by atoms with E-state index in [4.69, 9.17) is 4.74 Å². The number of allylic oxidation sites excluding steroid dienone is 1. The zero-order valence-electron chi connectivity index (χ0n) is 9.10. The first-order valence-electron chi connectivity index (χ1n) is 5.03. The van der Waals surface area contributed by atoms with Gasteiger partial charge in [0.15, 0.2) is 6.29 Å². The minimum Gasteiger partial charge on any atom is -0.507 e. The van der Waals surface area contributed by atoms with E-state index >= 15 is 0 Å². The van der Waals surface area contributed by atoms with Gasteiger partial charge in [0.1, 0.15) is 5.75 Å². The van der Waals surface area contributed by atoms with E-state index in [0.717, 1.165) is 5.56 Å². The molecule has 1 aromatic rings. The van der Waals surface area contributed by atoms with Crippen molar-refractivity contribution in [2.45, 2.75) is 12.7 Å². The standard InChI is InChI=1S/C13H16O3/c1-3-6-10-7-5-8-11(14)12(10)13(15)16-9-4-2/h3-5,7-8,13-15H,1-2,6,9H2. The number of benzene rings is 1. The Kier molecular flexibility index (Phi) is 4.76. The van der Waals surface area contributed by atoms with Crippen molar-refractivity contribution in [2.24, 2.45) is 0 Å². The first-order valence-corrected chi connectivity index (χ1v) is 5.03. The highest BCUT2D eigenvalue weighted by atomic mass is 16.6. The van der Waals surface area contributed by atoms with Gasteiger partial charge in [-0.3, -0.25) is 0 Å². The van der Waals surface area contributed by atoms with Crippen molar-refractivity contribution >= 4 is 0 Å². The molecule has 2 N–H and O–H groups in total. The third-order valence-electron chi connectivity index (χ3n) is 2.16. The summed E-state index contributed by atoms with van der Waals surface area (Å²) in [6.45, 7) is 7.35. The number of aromatic hydroxyl groups is 1. The first kappa shape index (κ1) is 12.5. The van der Waals surface area contributed by atoms with Crippen molar-refractivity contribution in [2.75, 3.05) is 6.61 Å². The Morgan fingerprint density at radius 1 is 1.31 bits per heavy atom. The van der Waals surface area contributed by atoms with Gasteiger partial charge < -0.3 is 14.9 Å². The maximum atomic E-state index is 9.78. The summed E-state index contributed by atoms with van der Waals surface area (Å²) in [7, 11) is 0. The van der Waals surface area contributed by atoms with Crippen LogP contribution in [-0.2, 0) is 11.2 Å². The fraction of sp³-hybridized carbons (Fsp3) is 0.231. The third-order valence-corrected chi connectivity index (χ3v) is 2.16. The number of phenols is 1. The van der Waals surface area contributed by atoms with Crippen molar-refractivity contribution in [3.05, 3.63) is 54.6 Å². The van der Waals surface area contributed by atoms with Crippen LogP contribution in [0.3, 0.4) is 0 Å². The summed E-state index contributed by atoms with van der Waals surface area (Å²) in [5, 5.41) is 19.5. The molecule has 0 heterocycles. The summed E-state index contributed by atoms with van der Waals surface area (Å²) < 4.78 is 5.09. The second-order valence-corrected chi connectivity index (χ2v) is 3.32. The predicted octanol–water partition coefficient (Wildman–Crippen LogP) is 2.31. The SMILES string of the molecule is C=CCOC(O)c1c(O)cccc1CC=C. The molecule has 0 aromatic heterocycles. The lowest BCUT2D eigenvalue weighted by Gasteiger charge is -2.16. The molecule has 1 unspecified atom stereocenters. The molecule has 0 saturated heterocycles. The van der Waals surface area contributed by atoms with E-state index < -0.39 is 6.29 Å². The van der Waals surface area contributed by atoms with E-state index in [9.17, 15) is 10.2 Å². The molecular formula is C13H16O3. The van der Waals surface area contributed by atoms with E-state index in [-0.39, 0.29) is 12.4 Å². The normalized spacial score (nSPS) is 12.1. The number of aliphatic hydroxyl groups is 1. The van der Waals surface area contributed by atoms with Crippen LogP contribution in [0.2, 0.25) is 0 Å². The maximum Gasteiger partial charge on any atom is 0.185 e. The Balaban J connectivity index is 2.98. The van der Waals surface area contributed by atoms with E-state index in [2.05, 4.69) is 13.2 Å².